The van der Waals surface area contributed by atoms with Crippen LogP contribution in [0.2, 0.25) is 0 Å². The first kappa shape index (κ1) is 19.0. The minimum Gasteiger partial charge on any atom is -0.507 e. The molecule has 132 valence electrons. The Kier molecular flexibility index (Phi) is 5.86. The molecule has 0 atom stereocenters. The lowest BCUT2D eigenvalue weighted by atomic mass is 10.1. The second kappa shape index (κ2) is 7.71. The van der Waals surface area contributed by atoms with Gasteiger partial charge in [0.25, 0.3) is 0 Å². The molecule has 8 heteroatoms. The van der Waals surface area contributed by atoms with Crippen molar-refractivity contribution < 1.29 is 27.2 Å². The van der Waals surface area contributed by atoms with Crippen LogP contribution in [0, 0.1) is 0 Å². The molecular formula is C17H15BrO6S. The van der Waals surface area contributed by atoms with E-state index in [1.165, 1.54) is 43.5 Å². The summed E-state index contributed by atoms with van der Waals surface area (Å²) in [5.41, 5.74) is 0.978. The maximum atomic E-state index is 12.2. The molecule has 0 aromatic heterocycles. The van der Waals surface area contributed by atoms with Gasteiger partial charge in [0.2, 0.25) is 0 Å². The van der Waals surface area contributed by atoms with E-state index in [1.807, 2.05) is 0 Å². The number of ketones is 1. The lowest BCUT2D eigenvalue weighted by Gasteiger charge is -2.07. The monoisotopic (exact) mass is 426 g/mol. The minimum absolute atomic E-state index is 0.0294. The molecular weight excluding hydrogens is 412 g/mol. The number of phenols is 1. The fraction of sp³-hybridized carbons (Fsp3) is 0.118. The molecule has 0 radical (unpaired) electrons. The van der Waals surface area contributed by atoms with E-state index in [-0.39, 0.29) is 17.3 Å². The van der Waals surface area contributed by atoms with Gasteiger partial charge in [-0.15, -0.1) is 0 Å². The van der Waals surface area contributed by atoms with E-state index >= 15 is 0 Å². The third kappa shape index (κ3) is 5.33. The van der Waals surface area contributed by atoms with Gasteiger partial charge in [-0.1, -0.05) is 0 Å². The number of carbonyl (C=O) groups excluding carboxylic acids is 1. The van der Waals surface area contributed by atoms with E-state index in [9.17, 15) is 18.3 Å². The van der Waals surface area contributed by atoms with Crippen LogP contribution in [0.25, 0.3) is 6.08 Å². The summed E-state index contributed by atoms with van der Waals surface area (Å²) >= 11 is 3.21. The fourth-order valence-corrected chi connectivity index (χ4v) is 2.80. The second-order valence-electron chi connectivity index (χ2n) is 5.05. The molecule has 2 aromatic rings. The molecule has 2 aromatic carbocycles. The Bertz CT molecular complexity index is 917. The molecule has 25 heavy (non-hydrogen) atoms. The first-order valence-corrected chi connectivity index (χ1v) is 9.59. The van der Waals surface area contributed by atoms with Crippen molar-refractivity contribution in [1.82, 2.24) is 0 Å². The van der Waals surface area contributed by atoms with Gasteiger partial charge in [-0.3, -0.25) is 4.79 Å². The number of hydrogen-bond donors (Lipinski definition) is 1. The summed E-state index contributed by atoms with van der Waals surface area (Å²) in [5.74, 6) is 0.299. The first-order chi connectivity index (χ1) is 11.7. The van der Waals surface area contributed by atoms with E-state index in [0.717, 1.165) is 6.26 Å². The van der Waals surface area contributed by atoms with Crippen molar-refractivity contribution in [2.45, 2.75) is 0 Å². The molecule has 0 unspecified atom stereocenters. The Labute approximate surface area is 154 Å². The van der Waals surface area contributed by atoms with E-state index in [2.05, 4.69) is 15.9 Å². The van der Waals surface area contributed by atoms with Gasteiger partial charge in [-0.2, -0.15) is 8.42 Å². The Morgan fingerprint density at radius 2 is 1.84 bits per heavy atom. The Hall–Kier alpha value is -2.32. The number of methoxy groups -OCH3 is 1. The van der Waals surface area contributed by atoms with Gasteiger partial charge in [0, 0.05) is 17.2 Å². The number of phenolic OH excluding ortho intramolecular Hbond substituents is 1. The molecule has 0 fully saturated rings. The topological polar surface area (TPSA) is 89.9 Å². The number of allylic oxidation sites excluding steroid dienone is 1. The van der Waals surface area contributed by atoms with E-state index < -0.39 is 10.1 Å². The van der Waals surface area contributed by atoms with Gasteiger partial charge in [0.15, 0.2) is 5.78 Å². The van der Waals surface area contributed by atoms with Gasteiger partial charge >= 0.3 is 10.1 Å². The summed E-state index contributed by atoms with van der Waals surface area (Å²) in [6.45, 7) is 0. The van der Waals surface area contributed by atoms with Gasteiger partial charge in [-0.25, -0.2) is 0 Å². The standard InChI is InChI=1S/C17H15BrO6S/c1-23-17-10-16(20)14(18)9-12(17)5-8-15(19)11-3-6-13(7-4-11)24-25(2,21)22/h3-10,20H,1-2H3/b8-5+. The fourth-order valence-electron chi connectivity index (χ4n) is 1.98. The molecule has 0 saturated carbocycles. The molecule has 6 nitrogen and oxygen atoms in total. The number of benzene rings is 2. The van der Waals surface area contributed by atoms with Crippen LogP contribution in [0.15, 0.2) is 46.9 Å². The quantitative estimate of drug-likeness (QED) is 0.432. The zero-order valence-corrected chi connectivity index (χ0v) is 15.8. The van der Waals surface area contributed by atoms with Gasteiger partial charge < -0.3 is 14.0 Å². The van der Waals surface area contributed by atoms with Crippen LogP contribution in [-0.4, -0.2) is 32.7 Å². The molecule has 0 saturated heterocycles. The maximum absolute atomic E-state index is 12.2. The highest BCUT2D eigenvalue weighted by atomic mass is 79.9. The largest absolute Gasteiger partial charge is 0.507 e. The lowest BCUT2D eigenvalue weighted by Crippen LogP contribution is -2.05. The summed E-state index contributed by atoms with van der Waals surface area (Å²) < 4.78 is 32.5. The number of carbonyl (C=O) groups is 1. The smallest absolute Gasteiger partial charge is 0.306 e. The van der Waals surface area contributed by atoms with Crippen molar-refractivity contribution in [2.24, 2.45) is 0 Å². The van der Waals surface area contributed by atoms with Crippen LogP contribution in [0.1, 0.15) is 15.9 Å². The van der Waals surface area contributed by atoms with Crippen LogP contribution < -0.4 is 8.92 Å². The van der Waals surface area contributed by atoms with Crippen molar-refractivity contribution in [1.29, 1.82) is 0 Å². The lowest BCUT2D eigenvalue weighted by molar-refractivity contribution is 0.104. The zero-order chi connectivity index (χ0) is 18.6. The summed E-state index contributed by atoms with van der Waals surface area (Å²) in [5, 5.41) is 9.65. The van der Waals surface area contributed by atoms with Crippen LogP contribution in [0.5, 0.6) is 17.2 Å². The molecule has 0 aliphatic rings. The molecule has 2 rings (SSSR count). The van der Waals surface area contributed by atoms with Crippen molar-refractivity contribution in [2.75, 3.05) is 13.4 Å². The number of aromatic hydroxyl groups is 1. The summed E-state index contributed by atoms with van der Waals surface area (Å²) in [6.07, 6.45) is 3.86. The summed E-state index contributed by atoms with van der Waals surface area (Å²) in [4.78, 5) is 12.2. The SMILES string of the molecule is COc1cc(O)c(Br)cc1/C=C/C(=O)c1ccc(OS(C)(=O)=O)cc1. The third-order valence-corrected chi connectivity index (χ3v) is 4.23. The predicted octanol–water partition coefficient (Wildman–Crippen LogP) is 3.40. The van der Waals surface area contributed by atoms with E-state index in [0.29, 0.717) is 21.3 Å². The predicted molar refractivity (Wildman–Crippen MR) is 97.6 cm³/mol. The van der Waals surface area contributed by atoms with Crippen LogP contribution in [0.3, 0.4) is 0 Å². The molecule has 0 heterocycles. The van der Waals surface area contributed by atoms with Crippen molar-refractivity contribution in [3.63, 3.8) is 0 Å². The zero-order valence-electron chi connectivity index (χ0n) is 13.4. The average Bonchev–Trinajstić information content (AvgIpc) is 2.54. The van der Waals surface area contributed by atoms with E-state index in [4.69, 9.17) is 8.92 Å². The minimum atomic E-state index is -3.61. The molecule has 0 spiro atoms. The second-order valence-corrected chi connectivity index (χ2v) is 7.48. The van der Waals surface area contributed by atoms with Gasteiger partial charge in [-0.05, 0) is 58.4 Å². The maximum Gasteiger partial charge on any atom is 0.306 e. The first-order valence-electron chi connectivity index (χ1n) is 6.98. The average molecular weight is 427 g/mol. The Balaban J connectivity index is 2.19. The van der Waals surface area contributed by atoms with Gasteiger partial charge in [0.1, 0.15) is 17.2 Å². The number of rotatable bonds is 6. The number of hydrogen-bond acceptors (Lipinski definition) is 6. The summed E-state index contributed by atoms with van der Waals surface area (Å²) in [7, 11) is -2.15. The van der Waals surface area contributed by atoms with Crippen molar-refractivity contribution in [3.05, 3.63) is 58.1 Å². The van der Waals surface area contributed by atoms with Crippen molar-refractivity contribution >= 4 is 37.9 Å². The van der Waals surface area contributed by atoms with Crippen LogP contribution >= 0.6 is 15.9 Å². The van der Waals surface area contributed by atoms with Crippen LogP contribution in [-0.2, 0) is 10.1 Å². The molecule has 0 aliphatic carbocycles. The Morgan fingerprint density at radius 1 is 1.20 bits per heavy atom. The highest BCUT2D eigenvalue weighted by molar-refractivity contribution is 9.10. The van der Waals surface area contributed by atoms with E-state index in [1.54, 1.807) is 12.1 Å². The molecule has 0 aliphatic heterocycles. The Morgan fingerprint density at radius 3 is 2.40 bits per heavy atom. The summed E-state index contributed by atoms with van der Waals surface area (Å²) in [6, 6.07) is 8.81. The third-order valence-electron chi connectivity index (χ3n) is 3.10. The van der Waals surface area contributed by atoms with Crippen molar-refractivity contribution in [3.8, 4) is 17.2 Å². The highest BCUT2D eigenvalue weighted by Crippen LogP contribution is 2.32. The van der Waals surface area contributed by atoms with Gasteiger partial charge in [0.05, 0.1) is 17.8 Å². The normalized spacial score (nSPS) is 11.5. The van der Waals surface area contributed by atoms with Crippen LogP contribution in [0.4, 0.5) is 0 Å². The number of ether oxygens (including phenoxy) is 1. The molecule has 1 N–H and O–H groups in total. The number of halogens is 1. The molecule has 0 bridgehead atoms. The highest BCUT2D eigenvalue weighted by Gasteiger charge is 2.09. The molecule has 0 amide bonds.